The quantitative estimate of drug-likeness (QED) is 0.210. The Labute approximate surface area is 276 Å². The Balaban J connectivity index is 1.87. The minimum atomic E-state index is -3.47. The third-order valence-corrected chi connectivity index (χ3v) is 14.1. The third kappa shape index (κ3) is 8.11. The van der Waals surface area contributed by atoms with Crippen LogP contribution in [0.1, 0.15) is 120 Å². The van der Waals surface area contributed by atoms with Crippen LogP contribution in [0.5, 0.6) is 0 Å². The van der Waals surface area contributed by atoms with Crippen LogP contribution in [0.2, 0.25) is 0 Å². The van der Waals surface area contributed by atoms with Crippen LogP contribution in [-0.4, -0.2) is 65.6 Å². The average molecular weight is 661 g/mol. The Morgan fingerprint density at radius 3 is 2.07 bits per heavy atom. The summed E-state index contributed by atoms with van der Waals surface area (Å²) in [4.78, 5) is 68.1. The lowest BCUT2D eigenvalue weighted by atomic mass is 9.70. The fourth-order valence-corrected chi connectivity index (χ4v) is 9.64. The highest BCUT2D eigenvalue weighted by atomic mass is 32.2. The lowest BCUT2D eigenvalue weighted by Crippen LogP contribution is -2.51. The van der Waals surface area contributed by atoms with Crippen molar-refractivity contribution in [3.63, 3.8) is 0 Å². The third-order valence-electron chi connectivity index (χ3n) is 11.2. The SMILES string of the molecule is C#CCCC(CC(=O)[C@@H]1[C@@H]2C(CN1C(=O)[C@@H](CC(=O)CC1(CS(=O)(=O)C(C)(C)C)CCCCC1)C(C)(C)C)C2(C)C)C(=O)C(N)=O. The van der Waals surface area contributed by atoms with E-state index in [4.69, 9.17) is 12.2 Å². The summed E-state index contributed by atoms with van der Waals surface area (Å²) in [5.74, 6) is -1.91. The first-order valence-electron chi connectivity index (χ1n) is 16.8. The van der Waals surface area contributed by atoms with Crippen LogP contribution in [-0.2, 0) is 33.8 Å². The molecule has 0 spiro atoms. The summed E-state index contributed by atoms with van der Waals surface area (Å²) < 4.78 is 25.7. The number of carbonyl (C=O) groups is 5. The van der Waals surface area contributed by atoms with E-state index in [9.17, 15) is 32.4 Å². The number of sulfone groups is 1. The molecule has 2 aliphatic carbocycles. The van der Waals surface area contributed by atoms with Crippen LogP contribution in [0, 0.1) is 52.3 Å². The number of nitrogens with zero attached hydrogens (tertiary/aromatic N) is 1. The Morgan fingerprint density at radius 2 is 1.57 bits per heavy atom. The number of nitrogens with two attached hydrogens (primary N) is 1. The topological polar surface area (TPSA) is 149 Å². The molecule has 5 atom stereocenters. The second-order valence-corrected chi connectivity index (χ2v) is 19.7. The first kappa shape index (κ1) is 37.9. The maximum atomic E-state index is 14.4. The summed E-state index contributed by atoms with van der Waals surface area (Å²) in [7, 11) is -3.47. The molecule has 1 heterocycles. The number of likely N-dealkylation sites (tertiary alicyclic amines) is 1. The predicted octanol–water partition coefficient (Wildman–Crippen LogP) is 4.69. The molecule has 0 bridgehead atoms. The smallest absolute Gasteiger partial charge is 0.285 e. The van der Waals surface area contributed by atoms with Crippen LogP contribution >= 0.6 is 0 Å². The van der Waals surface area contributed by atoms with Gasteiger partial charge in [-0.1, -0.05) is 53.9 Å². The molecule has 9 nitrogen and oxygen atoms in total. The molecule has 0 aromatic heterocycles. The second-order valence-electron chi connectivity index (χ2n) is 17.0. The molecule has 46 heavy (non-hydrogen) atoms. The monoisotopic (exact) mass is 660 g/mol. The number of hydrogen-bond acceptors (Lipinski definition) is 7. The number of fused-ring (bicyclic) bond motifs is 1. The zero-order valence-electron chi connectivity index (χ0n) is 29.2. The number of carbonyl (C=O) groups excluding carboxylic acids is 5. The van der Waals surface area contributed by atoms with Gasteiger partial charge in [0.2, 0.25) is 11.7 Å². The number of hydrogen-bond donors (Lipinski definition) is 1. The molecule has 3 rings (SSSR count). The number of rotatable bonds is 14. The molecule has 0 aromatic rings. The molecule has 1 saturated heterocycles. The number of piperidine rings is 1. The summed E-state index contributed by atoms with van der Waals surface area (Å²) in [5.41, 5.74) is 3.85. The zero-order valence-corrected chi connectivity index (χ0v) is 30.1. The minimum Gasteiger partial charge on any atom is -0.363 e. The summed E-state index contributed by atoms with van der Waals surface area (Å²) >= 11 is 0. The van der Waals surface area contributed by atoms with Crippen LogP contribution < -0.4 is 5.73 Å². The Hall–Kier alpha value is -2.54. The number of amides is 2. The maximum absolute atomic E-state index is 14.4. The number of Topliss-reactive ketones (excluding diaryl/α,β-unsaturated/α-hetero) is 3. The van der Waals surface area contributed by atoms with E-state index in [1.54, 1.807) is 25.7 Å². The molecule has 2 amide bonds. The van der Waals surface area contributed by atoms with E-state index in [1.807, 2.05) is 20.8 Å². The first-order chi connectivity index (χ1) is 21.0. The Kier molecular flexibility index (Phi) is 11.1. The molecule has 2 saturated carbocycles. The lowest BCUT2D eigenvalue weighted by molar-refractivity contribution is -0.148. The normalized spacial score (nSPS) is 25.1. The van der Waals surface area contributed by atoms with Gasteiger partial charge in [0, 0.05) is 44.1 Å². The van der Waals surface area contributed by atoms with Crippen LogP contribution in [0.3, 0.4) is 0 Å². The van der Waals surface area contributed by atoms with Gasteiger partial charge >= 0.3 is 0 Å². The first-order valence-corrected chi connectivity index (χ1v) is 18.5. The van der Waals surface area contributed by atoms with Crippen molar-refractivity contribution < 1.29 is 32.4 Å². The maximum Gasteiger partial charge on any atom is 0.285 e. The second kappa shape index (κ2) is 13.5. The Bertz CT molecular complexity index is 1370. The standard InChI is InChI=1S/C36H56N2O7S/c1-10-11-15-23(30(41)31(37)42)18-27(40)29-28-26(35(28,8)9)21-38(29)32(43)25(33(2,3)4)19-24(39)20-36(16-13-12-14-17-36)22-46(44,45)34(5,6)7/h1,23,25-26,28-29H,11-22H2,2-9H3,(H2,37,42)/t23?,25-,26?,28+,29-/m1/s1. The average Bonchev–Trinajstić information content (AvgIpc) is 3.24. The number of terminal acetylenes is 1. The highest BCUT2D eigenvalue weighted by molar-refractivity contribution is 7.92. The predicted molar refractivity (Wildman–Crippen MR) is 178 cm³/mol. The van der Waals surface area contributed by atoms with E-state index < -0.39 is 55.0 Å². The molecule has 3 aliphatic rings. The Morgan fingerprint density at radius 1 is 0.978 bits per heavy atom. The molecule has 1 aliphatic heterocycles. The van der Waals surface area contributed by atoms with Gasteiger partial charge in [-0.05, 0) is 68.1 Å². The van der Waals surface area contributed by atoms with Gasteiger partial charge in [0.25, 0.3) is 5.91 Å². The molecule has 0 radical (unpaired) electrons. The molecule has 2 N–H and O–H groups in total. The largest absolute Gasteiger partial charge is 0.363 e. The van der Waals surface area contributed by atoms with Crippen LogP contribution in [0.15, 0.2) is 0 Å². The van der Waals surface area contributed by atoms with Crippen molar-refractivity contribution in [3.8, 4) is 12.3 Å². The molecular formula is C36H56N2O7S. The van der Waals surface area contributed by atoms with Gasteiger partial charge in [-0.25, -0.2) is 8.42 Å². The van der Waals surface area contributed by atoms with Crippen molar-refractivity contribution in [3.05, 3.63) is 0 Å². The van der Waals surface area contributed by atoms with Crippen molar-refractivity contribution >= 4 is 39.0 Å². The fraction of sp³-hybridized carbons (Fsp3) is 0.806. The van der Waals surface area contributed by atoms with E-state index in [1.165, 1.54) is 0 Å². The lowest BCUT2D eigenvalue weighted by Gasteiger charge is -2.40. The summed E-state index contributed by atoms with van der Waals surface area (Å²) in [6, 6.07) is -0.775. The van der Waals surface area contributed by atoms with Crippen LogP contribution in [0.4, 0.5) is 0 Å². The van der Waals surface area contributed by atoms with E-state index in [-0.39, 0.29) is 72.6 Å². The van der Waals surface area contributed by atoms with Gasteiger partial charge in [0.1, 0.15) is 5.78 Å². The van der Waals surface area contributed by atoms with Gasteiger partial charge in [0.15, 0.2) is 15.6 Å². The minimum absolute atomic E-state index is 0.0409. The van der Waals surface area contributed by atoms with E-state index in [0.29, 0.717) is 19.4 Å². The molecular weight excluding hydrogens is 604 g/mol. The fourth-order valence-electron chi connectivity index (χ4n) is 8.01. The van der Waals surface area contributed by atoms with Gasteiger partial charge < -0.3 is 10.6 Å². The number of primary amides is 1. The summed E-state index contributed by atoms with van der Waals surface area (Å²) in [6.07, 6.45) is 9.63. The van der Waals surface area contributed by atoms with Gasteiger partial charge in [-0.3, -0.25) is 24.0 Å². The summed E-state index contributed by atoms with van der Waals surface area (Å²) in [6.45, 7) is 15.3. The molecule has 10 heteroatoms. The van der Waals surface area contributed by atoms with Crippen molar-refractivity contribution in [1.82, 2.24) is 4.90 Å². The molecule has 3 fully saturated rings. The van der Waals surface area contributed by atoms with E-state index in [2.05, 4.69) is 19.8 Å². The van der Waals surface area contributed by atoms with E-state index in [0.717, 1.165) is 19.3 Å². The van der Waals surface area contributed by atoms with Crippen molar-refractivity contribution in [1.29, 1.82) is 0 Å². The highest BCUT2D eigenvalue weighted by Crippen LogP contribution is 2.65. The summed E-state index contributed by atoms with van der Waals surface area (Å²) in [5, 5.41) is 0. The van der Waals surface area contributed by atoms with E-state index >= 15 is 0 Å². The van der Waals surface area contributed by atoms with Crippen LogP contribution in [0.25, 0.3) is 0 Å². The number of ketones is 3. The zero-order chi connectivity index (χ0) is 35.0. The van der Waals surface area contributed by atoms with Crippen molar-refractivity contribution in [2.75, 3.05) is 12.3 Å². The van der Waals surface area contributed by atoms with Gasteiger partial charge in [-0.15, -0.1) is 12.3 Å². The molecule has 258 valence electrons. The highest BCUT2D eigenvalue weighted by Gasteiger charge is 2.69. The van der Waals surface area contributed by atoms with Crippen molar-refractivity contribution in [2.45, 2.75) is 130 Å². The van der Waals surface area contributed by atoms with Crippen molar-refractivity contribution in [2.24, 2.45) is 45.7 Å². The van der Waals surface area contributed by atoms with Gasteiger partial charge in [-0.2, -0.15) is 0 Å². The van der Waals surface area contributed by atoms with Gasteiger partial charge in [0.05, 0.1) is 16.5 Å². The molecule has 0 aromatic carbocycles. The molecule has 2 unspecified atom stereocenters.